The molecule has 6 rings (SSSR count). The van der Waals surface area contributed by atoms with Crippen LogP contribution in [-0.4, -0.2) is 195 Å². The van der Waals surface area contributed by atoms with Crippen LogP contribution in [-0.2, 0) is 28.6 Å². The smallest absolute Gasteiger partial charge is 0.268 e. The number of fused-ring (bicyclic) bond motifs is 16. The standard InChI is InChI=1S/C47H75F2N13O7/c1-45-29-51-13-16-54-32-46(33-55-17-14-52-30-45,34-56-18-15-53-31-45)61-42(64)6-2-5-41(63)59-11-4-20-68-22-24-69-23-21-67-19-3-10-57-36-7-8-40-39(25-36)38(9-12-58-40)44(66)60-28-43(65)62-35-47(48,49)26-37(62)27-50/h7-9,12,25,37,51-57H,2-6,10-11,13-24,26,28-35H2,1H3,(H,59,63)(H,60,66)(H,61,64). The molecule has 0 radical (unpaired) electrons. The Balaban J connectivity index is 0.859. The number of carbonyl (C=O) groups excluding carboxylic acids is 4. The van der Waals surface area contributed by atoms with E-state index in [0.29, 0.717) is 103 Å². The molecule has 4 aliphatic rings. The number of ether oxygens (including phenoxy) is 3. The van der Waals surface area contributed by atoms with Gasteiger partial charge in [0.05, 0.1) is 62.2 Å². The Morgan fingerprint density at radius 1 is 0.754 bits per heavy atom. The van der Waals surface area contributed by atoms with E-state index in [4.69, 9.17) is 14.2 Å². The number of likely N-dealkylation sites (tertiary alicyclic amines) is 1. The third kappa shape index (κ3) is 19.9. The second kappa shape index (κ2) is 29.5. The zero-order valence-electron chi connectivity index (χ0n) is 40.2. The van der Waals surface area contributed by atoms with Crippen molar-refractivity contribution in [2.45, 2.75) is 63.0 Å². The van der Waals surface area contributed by atoms with Crippen molar-refractivity contribution >= 4 is 40.2 Å². The molecule has 384 valence electrons. The van der Waals surface area contributed by atoms with E-state index >= 15 is 0 Å². The van der Waals surface area contributed by atoms with E-state index in [1.54, 1.807) is 18.2 Å². The Morgan fingerprint density at radius 3 is 1.93 bits per heavy atom. The lowest BCUT2D eigenvalue weighted by molar-refractivity contribution is -0.131. The van der Waals surface area contributed by atoms with Gasteiger partial charge in [0.2, 0.25) is 17.7 Å². The first kappa shape index (κ1) is 55.2. The van der Waals surface area contributed by atoms with Crippen LogP contribution < -0.4 is 53.2 Å². The number of aromatic nitrogens is 1. The summed E-state index contributed by atoms with van der Waals surface area (Å²) < 4.78 is 44.5. The van der Waals surface area contributed by atoms with Crippen LogP contribution in [0, 0.1) is 16.7 Å². The molecule has 1 unspecified atom stereocenters. The Hall–Kier alpha value is -4.70. The summed E-state index contributed by atoms with van der Waals surface area (Å²) >= 11 is 0. The molecule has 2 bridgehead atoms. The maximum Gasteiger partial charge on any atom is 0.268 e. The van der Waals surface area contributed by atoms with Crippen LogP contribution in [0.1, 0.15) is 55.8 Å². The molecule has 22 heteroatoms. The second-order valence-electron chi connectivity index (χ2n) is 18.4. The average Bonchev–Trinajstić information content (AvgIpc) is 3.66. The molecule has 0 aliphatic carbocycles. The lowest BCUT2D eigenvalue weighted by Crippen LogP contribution is -2.66. The van der Waals surface area contributed by atoms with E-state index in [9.17, 15) is 33.2 Å². The van der Waals surface area contributed by atoms with E-state index < -0.39 is 48.8 Å². The van der Waals surface area contributed by atoms with Crippen LogP contribution in [0.2, 0.25) is 0 Å². The van der Waals surface area contributed by atoms with Crippen LogP contribution >= 0.6 is 0 Å². The molecule has 69 heavy (non-hydrogen) atoms. The summed E-state index contributed by atoms with van der Waals surface area (Å²) in [7, 11) is 0. The van der Waals surface area contributed by atoms with Crippen LogP contribution in [0.3, 0.4) is 0 Å². The molecule has 20 nitrogen and oxygen atoms in total. The normalized spacial score (nSPS) is 22.5. The summed E-state index contributed by atoms with van der Waals surface area (Å²) in [6.07, 6.45) is 3.11. The number of benzene rings is 1. The van der Waals surface area contributed by atoms with Gasteiger partial charge in [-0.3, -0.25) is 24.2 Å². The fourth-order valence-corrected chi connectivity index (χ4v) is 8.40. The van der Waals surface area contributed by atoms with Crippen LogP contribution in [0.15, 0.2) is 30.5 Å². The van der Waals surface area contributed by atoms with Crippen molar-refractivity contribution < 1.29 is 42.2 Å². The number of hydrogen-bond donors (Lipinski definition) is 10. The monoisotopic (exact) mass is 972 g/mol. The van der Waals surface area contributed by atoms with Crippen molar-refractivity contribution in [3.63, 3.8) is 0 Å². The summed E-state index contributed by atoms with van der Waals surface area (Å²) in [5.74, 6) is -4.61. The first-order valence-electron chi connectivity index (χ1n) is 24.4. The topological polar surface area (TPSA) is 256 Å². The molecule has 4 aliphatic heterocycles. The van der Waals surface area contributed by atoms with E-state index in [-0.39, 0.29) is 35.6 Å². The first-order valence-corrected chi connectivity index (χ1v) is 24.4. The lowest BCUT2D eigenvalue weighted by atomic mass is 9.90. The number of hydrogen-bond acceptors (Lipinski definition) is 16. The minimum Gasteiger partial charge on any atom is -0.385 e. The fraction of sp³-hybridized carbons (Fsp3) is 0.702. The predicted molar refractivity (Wildman–Crippen MR) is 258 cm³/mol. The highest BCUT2D eigenvalue weighted by molar-refractivity contribution is 6.07. The molecule has 1 aromatic carbocycles. The van der Waals surface area contributed by atoms with Gasteiger partial charge in [0.1, 0.15) is 6.04 Å². The molecule has 2 aromatic rings. The van der Waals surface area contributed by atoms with Gasteiger partial charge in [-0.25, -0.2) is 8.78 Å². The maximum atomic E-state index is 13.8. The Morgan fingerprint density at radius 2 is 1.32 bits per heavy atom. The van der Waals surface area contributed by atoms with Gasteiger partial charge >= 0.3 is 0 Å². The van der Waals surface area contributed by atoms with E-state index in [1.165, 1.54) is 12.3 Å². The van der Waals surface area contributed by atoms with Gasteiger partial charge < -0.3 is 72.3 Å². The number of alkyl halides is 2. The van der Waals surface area contributed by atoms with Crippen molar-refractivity contribution in [3.05, 3.63) is 36.0 Å². The van der Waals surface area contributed by atoms with Crippen molar-refractivity contribution in [2.75, 3.05) is 150 Å². The predicted octanol–water partition coefficient (Wildman–Crippen LogP) is -0.321. The number of amides is 4. The number of nitrogens with zero attached hydrogens (tertiary/aromatic N) is 3. The van der Waals surface area contributed by atoms with Crippen LogP contribution in [0.5, 0.6) is 0 Å². The van der Waals surface area contributed by atoms with Gasteiger partial charge in [0.25, 0.3) is 11.8 Å². The van der Waals surface area contributed by atoms with E-state index in [0.717, 1.165) is 69.5 Å². The molecule has 10 N–H and O–H groups in total. The molecule has 4 fully saturated rings. The Bertz CT molecular complexity index is 1920. The van der Waals surface area contributed by atoms with E-state index in [2.05, 4.69) is 65.1 Å². The SMILES string of the molecule is CC12CNCCNCC(NC(=O)CCCC(=O)NCCCOCCOCCOCCCNc3ccc4nccc(C(=O)NCC(=O)N5CC(F)(F)CC5C#N)c4c3)(CNCCNC1)CNCCNC2. The lowest BCUT2D eigenvalue weighted by Gasteiger charge is -2.37. The molecule has 1 atom stereocenters. The number of rotatable bonds is 23. The highest BCUT2D eigenvalue weighted by atomic mass is 19.3. The van der Waals surface area contributed by atoms with Crippen molar-refractivity contribution in [2.24, 2.45) is 5.41 Å². The van der Waals surface area contributed by atoms with Gasteiger partial charge in [-0.1, -0.05) is 6.92 Å². The minimum atomic E-state index is -3.14. The third-order valence-corrected chi connectivity index (χ3v) is 12.1. The molecule has 1 aromatic heterocycles. The fourth-order valence-electron chi connectivity index (χ4n) is 8.40. The highest BCUT2D eigenvalue weighted by Gasteiger charge is 2.47. The summed E-state index contributed by atoms with van der Waals surface area (Å²) in [6, 6.07) is 7.40. The zero-order chi connectivity index (χ0) is 49.2. The van der Waals surface area contributed by atoms with E-state index in [1.807, 2.05) is 6.07 Å². The van der Waals surface area contributed by atoms with Gasteiger partial charge in [0.15, 0.2) is 0 Å². The van der Waals surface area contributed by atoms with Crippen LogP contribution in [0.4, 0.5) is 14.5 Å². The largest absolute Gasteiger partial charge is 0.385 e. The highest BCUT2D eigenvalue weighted by Crippen LogP contribution is 2.31. The number of pyridine rings is 1. The number of halogens is 2. The van der Waals surface area contributed by atoms with Crippen LogP contribution in [0.25, 0.3) is 10.9 Å². The zero-order valence-corrected chi connectivity index (χ0v) is 40.2. The summed E-state index contributed by atoms with van der Waals surface area (Å²) in [5.41, 5.74) is 1.17. The van der Waals surface area contributed by atoms with Gasteiger partial charge in [0, 0.05) is 147 Å². The molecule has 0 saturated carbocycles. The Kier molecular flexibility index (Phi) is 23.6. The molecule has 4 saturated heterocycles. The molecule has 0 spiro atoms. The average molecular weight is 972 g/mol. The summed E-state index contributed by atoms with van der Waals surface area (Å²) in [5, 5.41) is 43.2. The molecular weight excluding hydrogens is 897 g/mol. The summed E-state index contributed by atoms with van der Waals surface area (Å²) in [4.78, 5) is 56.5. The second-order valence-corrected chi connectivity index (χ2v) is 18.4. The first-order chi connectivity index (χ1) is 33.4. The number of nitriles is 1. The molecular formula is C47H75F2N13O7. The number of anilines is 1. The van der Waals surface area contributed by atoms with Crippen molar-refractivity contribution in [1.29, 1.82) is 5.26 Å². The molecule has 4 amide bonds. The third-order valence-electron chi connectivity index (χ3n) is 12.1. The quantitative estimate of drug-likeness (QED) is 0.0641. The van der Waals surface area contributed by atoms with Gasteiger partial charge in [-0.2, -0.15) is 5.26 Å². The van der Waals surface area contributed by atoms with Gasteiger partial charge in [-0.15, -0.1) is 0 Å². The number of carbonyl (C=O) groups is 4. The van der Waals surface area contributed by atoms with Crippen molar-refractivity contribution in [3.8, 4) is 6.07 Å². The Labute approximate surface area is 404 Å². The van der Waals surface area contributed by atoms with Crippen molar-refractivity contribution in [1.82, 2.24) is 57.7 Å². The molecule has 5 heterocycles. The summed E-state index contributed by atoms with van der Waals surface area (Å²) in [6.45, 7) is 14.1. The van der Waals surface area contributed by atoms with Gasteiger partial charge in [-0.05, 0) is 43.5 Å². The maximum absolute atomic E-state index is 13.8. The number of nitrogens with one attached hydrogen (secondary N) is 10. The minimum absolute atomic E-state index is 0.0673.